The standard InChI is InChI=1S/C38H73N5O2/c1-11-38(10,23-19-34(45)43-25-15-17-31(3)28-40)21-13-12-20-36(6,7)37(8,9)26-32(29-41)35(4,5)22-18-33(44)42-24-14-16-30(2)27-39/h12-13,30-32H,11,14-28,39-40H2,1-10H3,(H,42,44)(H,43,45)/b13-12+/t30?,31-,32?,38?/m1/s1. The average Bonchev–Trinajstić information content (AvgIpc) is 2.99. The second-order valence-electron chi connectivity index (χ2n) is 16.4. The molecule has 0 rings (SSSR count). The molecule has 0 aliphatic carbocycles. The van der Waals surface area contributed by atoms with Crippen molar-refractivity contribution < 1.29 is 9.59 Å². The fourth-order valence-electron chi connectivity index (χ4n) is 5.52. The molecule has 0 saturated heterocycles. The molecule has 0 aromatic heterocycles. The molecule has 0 saturated carbocycles. The molecule has 262 valence electrons. The van der Waals surface area contributed by atoms with E-state index in [-0.39, 0.29) is 39.4 Å². The molecule has 0 aromatic carbocycles. The van der Waals surface area contributed by atoms with Crippen LogP contribution in [0.15, 0.2) is 12.2 Å². The van der Waals surface area contributed by atoms with E-state index in [2.05, 4.69) is 98.1 Å². The van der Waals surface area contributed by atoms with Crippen molar-refractivity contribution in [2.75, 3.05) is 26.2 Å². The number of nitrogens with zero attached hydrogens (tertiary/aromatic N) is 1. The van der Waals surface area contributed by atoms with Crippen LogP contribution < -0.4 is 22.1 Å². The Kier molecular flexibility index (Phi) is 20.2. The predicted octanol–water partition coefficient (Wildman–Crippen LogP) is 7.89. The van der Waals surface area contributed by atoms with Crippen LogP contribution in [0.5, 0.6) is 0 Å². The molecule has 45 heavy (non-hydrogen) atoms. The third kappa shape index (κ3) is 17.5. The molecule has 0 spiro atoms. The van der Waals surface area contributed by atoms with Crippen LogP contribution in [0, 0.1) is 50.7 Å². The normalized spacial score (nSPS) is 16.1. The number of hydrogen-bond donors (Lipinski definition) is 4. The molecule has 0 aliphatic heterocycles. The number of nitrogens with two attached hydrogens (primary N) is 2. The number of nitrogens with one attached hydrogen (secondary N) is 2. The maximum absolute atomic E-state index is 12.5. The van der Waals surface area contributed by atoms with E-state index in [0.29, 0.717) is 50.7 Å². The van der Waals surface area contributed by atoms with Crippen LogP contribution in [0.3, 0.4) is 0 Å². The van der Waals surface area contributed by atoms with Crippen molar-refractivity contribution in [1.29, 1.82) is 5.26 Å². The molecule has 0 bridgehead atoms. The minimum atomic E-state index is -0.262. The van der Waals surface area contributed by atoms with Crippen molar-refractivity contribution in [3.8, 4) is 6.07 Å². The second kappa shape index (κ2) is 21.1. The van der Waals surface area contributed by atoms with Gasteiger partial charge < -0.3 is 22.1 Å². The lowest BCUT2D eigenvalue weighted by Gasteiger charge is -2.45. The summed E-state index contributed by atoms with van der Waals surface area (Å²) in [6.45, 7) is 25.0. The van der Waals surface area contributed by atoms with Crippen molar-refractivity contribution in [2.24, 2.45) is 50.9 Å². The number of carbonyl (C=O) groups excluding carboxylic acids is 2. The Bertz CT molecular complexity index is 920. The van der Waals surface area contributed by atoms with Gasteiger partial charge in [-0.2, -0.15) is 5.26 Å². The third-order valence-electron chi connectivity index (χ3n) is 11.1. The van der Waals surface area contributed by atoms with Gasteiger partial charge in [-0.1, -0.05) is 87.8 Å². The second-order valence-corrected chi connectivity index (χ2v) is 16.4. The highest BCUT2D eigenvalue weighted by Crippen LogP contribution is 2.49. The number of carbonyl (C=O) groups is 2. The zero-order valence-electron chi connectivity index (χ0n) is 31.1. The first kappa shape index (κ1) is 43.1. The smallest absolute Gasteiger partial charge is 0.220 e. The van der Waals surface area contributed by atoms with Crippen molar-refractivity contribution >= 4 is 11.8 Å². The molecular weight excluding hydrogens is 558 g/mol. The Morgan fingerprint density at radius 3 is 1.69 bits per heavy atom. The van der Waals surface area contributed by atoms with Gasteiger partial charge in [0.2, 0.25) is 11.8 Å². The summed E-state index contributed by atoms with van der Waals surface area (Å²) >= 11 is 0. The monoisotopic (exact) mass is 632 g/mol. The Morgan fingerprint density at radius 1 is 0.778 bits per heavy atom. The Morgan fingerprint density at radius 2 is 1.24 bits per heavy atom. The first-order chi connectivity index (χ1) is 20.9. The maximum Gasteiger partial charge on any atom is 0.220 e. The van der Waals surface area contributed by atoms with E-state index >= 15 is 0 Å². The first-order valence-corrected chi connectivity index (χ1v) is 17.9. The van der Waals surface area contributed by atoms with Crippen molar-refractivity contribution in [2.45, 2.75) is 146 Å². The summed E-state index contributed by atoms with van der Waals surface area (Å²) in [6, 6.07) is 2.61. The molecule has 7 heteroatoms. The zero-order valence-corrected chi connectivity index (χ0v) is 31.1. The maximum atomic E-state index is 12.5. The van der Waals surface area contributed by atoms with E-state index < -0.39 is 0 Å². The van der Waals surface area contributed by atoms with Gasteiger partial charge in [0.15, 0.2) is 0 Å². The van der Waals surface area contributed by atoms with Gasteiger partial charge in [-0.15, -0.1) is 0 Å². The van der Waals surface area contributed by atoms with Crippen LogP contribution in [-0.2, 0) is 9.59 Å². The minimum Gasteiger partial charge on any atom is -0.356 e. The minimum absolute atomic E-state index is 0.0172. The molecule has 0 fully saturated rings. The van der Waals surface area contributed by atoms with Gasteiger partial charge in [-0.25, -0.2) is 0 Å². The summed E-state index contributed by atoms with van der Waals surface area (Å²) in [6.07, 6.45) is 14.8. The summed E-state index contributed by atoms with van der Waals surface area (Å²) in [4.78, 5) is 24.9. The largest absolute Gasteiger partial charge is 0.356 e. The van der Waals surface area contributed by atoms with E-state index in [9.17, 15) is 14.9 Å². The third-order valence-corrected chi connectivity index (χ3v) is 11.1. The molecule has 0 radical (unpaired) electrons. The van der Waals surface area contributed by atoms with Crippen LogP contribution in [0.4, 0.5) is 0 Å². The molecule has 0 aromatic rings. The summed E-state index contributed by atoms with van der Waals surface area (Å²) in [5.74, 6) is 1.05. The molecule has 2 amide bonds. The molecule has 3 unspecified atom stereocenters. The van der Waals surface area contributed by atoms with E-state index in [1.165, 1.54) is 0 Å². The summed E-state index contributed by atoms with van der Waals surface area (Å²) in [7, 11) is 0. The highest BCUT2D eigenvalue weighted by Gasteiger charge is 2.41. The fraction of sp³-hybridized carbons (Fsp3) is 0.868. The van der Waals surface area contributed by atoms with Gasteiger partial charge in [0.25, 0.3) is 0 Å². The Balaban J connectivity index is 4.92. The SMILES string of the molecule is CCC(C)(C/C=C/CC(C)(C)C(C)(C)CC(C#N)C(C)(C)CCC(=O)NCCCC(C)CN)CCC(=O)NCCC[C@@H](C)CN. The van der Waals surface area contributed by atoms with Crippen molar-refractivity contribution in [3.63, 3.8) is 0 Å². The van der Waals surface area contributed by atoms with Crippen LogP contribution in [-0.4, -0.2) is 38.0 Å². The Hall–Kier alpha value is -1.91. The molecule has 7 nitrogen and oxygen atoms in total. The molecular formula is C38H73N5O2. The predicted molar refractivity (Wildman–Crippen MR) is 191 cm³/mol. The van der Waals surface area contributed by atoms with E-state index in [0.717, 1.165) is 64.3 Å². The number of allylic oxidation sites excluding steroid dienone is 2. The topological polar surface area (TPSA) is 134 Å². The summed E-state index contributed by atoms with van der Waals surface area (Å²) in [5, 5.41) is 16.3. The quantitative estimate of drug-likeness (QED) is 0.0600. The number of hydrogen-bond acceptors (Lipinski definition) is 5. The number of nitriles is 1. The van der Waals surface area contributed by atoms with Crippen LogP contribution >= 0.6 is 0 Å². The molecule has 0 heterocycles. The highest BCUT2D eigenvalue weighted by atomic mass is 16.2. The van der Waals surface area contributed by atoms with Gasteiger partial charge in [-0.3, -0.25) is 9.59 Å². The fourth-order valence-corrected chi connectivity index (χ4v) is 5.52. The number of rotatable bonds is 25. The number of amides is 2. The van der Waals surface area contributed by atoms with Gasteiger partial charge in [0, 0.05) is 25.9 Å². The average molecular weight is 632 g/mol. The summed E-state index contributed by atoms with van der Waals surface area (Å²) in [5.41, 5.74) is 11.1. The van der Waals surface area contributed by atoms with Crippen LogP contribution in [0.25, 0.3) is 0 Å². The van der Waals surface area contributed by atoms with E-state index in [1.54, 1.807) is 0 Å². The lowest BCUT2D eigenvalue weighted by molar-refractivity contribution is -0.122. The zero-order chi connectivity index (χ0) is 34.7. The Labute approximate surface area is 278 Å². The van der Waals surface area contributed by atoms with Gasteiger partial charge in [-0.05, 0) is 104 Å². The molecule has 0 aliphatic rings. The van der Waals surface area contributed by atoms with Gasteiger partial charge >= 0.3 is 0 Å². The van der Waals surface area contributed by atoms with Gasteiger partial charge in [0.05, 0.1) is 12.0 Å². The van der Waals surface area contributed by atoms with Crippen LogP contribution in [0.2, 0.25) is 0 Å². The van der Waals surface area contributed by atoms with Gasteiger partial charge in [0.1, 0.15) is 0 Å². The van der Waals surface area contributed by atoms with Crippen molar-refractivity contribution in [1.82, 2.24) is 10.6 Å². The molecule has 6 N–H and O–H groups in total. The van der Waals surface area contributed by atoms with Crippen LogP contribution in [0.1, 0.15) is 146 Å². The van der Waals surface area contributed by atoms with Crippen molar-refractivity contribution in [3.05, 3.63) is 12.2 Å². The lowest BCUT2D eigenvalue weighted by atomic mass is 9.59. The van der Waals surface area contributed by atoms with E-state index in [1.807, 2.05) is 0 Å². The lowest BCUT2D eigenvalue weighted by Crippen LogP contribution is -2.37. The van der Waals surface area contributed by atoms with E-state index in [4.69, 9.17) is 11.5 Å². The first-order valence-electron chi connectivity index (χ1n) is 17.9. The summed E-state index contributed by atoms with van der Waals surface area (Å²) < 4.78 is 0. The molecule has 4 atom stereocenters. The highest BCUT2D eigenvalue weighted by molar-refractivity contribution is 5.76.